The molecule has 0 amide bonds. The smallest absolute Gasteiger partial charge is 0.252 e. The van der Waals surface area contributed by atoms with E-state index in [2.05, 4.69) is 36.6 Å². The lowest BCUT2D eigenvalue weighted by Crippen LogP contribution is -2.19. The lowest BCUT2D eigenvalue weighted by atomic mass is 10.1. The van der Waals surface area contributed by atoms with Crippen molar-refractivity contribution in [1.82, 2.24) is 24.5 Å². The summed E-state index contributed by atoms with van der Waals surface area (Å²) >= 11 is 6.08. The van der Waals surface area contributed by atoms with Crippen LogP contribution in [0.4, 0.5) is 17.1 Å². The summed E-state index contributed by atoms with van der Waals surface area (Å²) < 4.78 is 1.58. The third-order valence-corrected chi connectivity index (χ3v) is 6.25. The molecule has 2 N–H and O–H groups in total. The van der Waals surface area contributed by atoms with E-state index in [0.29, 0.717) is 17.2 Å². The molecule has 1 aromatic carbocycles. The second-order valence-electron chi connectivity index (χ2n) is 8.39. The largest absolute Gasteiger partial charge is 0.375 e. The summed E-state index contributed by atoms with van der Waals surface area (Å²) in [5.74, 6) is 0.584. The summed E-state index contributed by atoms with van der Waals surface area (Å²) in [4.78, 5) is 29.8. The molecule has 0 saturated carbocycles. The van der Waals surface area contributed by atoms with Gasteiger partial charge in [0, 0.05) is 72.0 Å². The number of hydrogen-bond donors (Lipinski definition) is 2. The number of benzene rings is 1. The molecule has 0 saturated heterocycles. The van der Waals surface area contributed by atoms with E-state index in [1.807, 2.05) is 37.3 Å². The zero-order valence-corrected chi connectivity index (χ0v) is 20.7. The number of nitrogens with zero attached hydrogens (tertiary/aromatic N) is 6. The van der Waals surface area contributed by atoms with Crippen LogP contribution in [0.25, 0.3) is 22.0 Å². The molecule has 0 bridgehead atoms. The highest BCUT2D eigenvalue weighted by atomic mass is 35.5. The normalized spacial score (nSPS) is 11.6. The van der Waals surface area contributed by atoms with Crippen molar-refractivity contribution in [3.05, 3.63) is 100 Å². The molecular formula is C27H21ClN8O. The van der Waals surface area contributed by atoms with Gasteiger partial charge in [0.05, 0.1) is 17.2 Å². The van der Waals surface area contributed by atoms with Crippen molar-refractivity contribution in [1.29, 1.82) is 5.26 Å². The summed E-state index contributed by atoms with van der Waals surface area (Å²) in [6, 6.07) is 14.4. The Balaban J connectivity index is 1.47. The van der Waals surface area contributed by atoms with Crippen molar-refractivity contribution < 1.29 is 0 Å². The highest BCUT2D eigenvalue weighted by Gasteiger charge is 2.15. The van der Waals surface area contributed by atoms with Gasteiger partial charge in [-0.3, -0.25) is 9.78 Å². The molecule has 5 rings (SSSR count). The van der Waals surface area contributed by atoms with Gasteiger partial charge in [0.1, 0.15) is 22.6 Å². The second kappa shape index (κ2) is 10.0. The molecule has 10 heteroatoms. The average Bonchev–Trinajstić information content (AvgIpc) is 2.92. The third-order valence-electron chi connectivity index (χ3n) is 5.97. The summed E-state index contributed by atoms with van der Waals surface area (Å²) in [7, 11) is 1.72. The zero-order valence-electron chi connectivity index (χ0n) is 20.0. The standard InChI is InChI=1S/C27H21ClN8O/c1-16(27-32-14-18(15-33-27)17-4-3-8-30-13-17)34-23-11-25(37)36(2)24-6-5-19(10-20(23)24)35-22-7-9-31-26(28)21(22)12-29/h3-11,13-16,34H,1-2H3,(H,31,35). The molecule has 37 heavy (non-hydrogen) atoms. The molecule has 4 aromatic heterocycles. The van der Waals surface area contributed by atoms with E-state index < -0.39 is 0 Å². The molecule has 5 aromatic rings. The van der Waals surface area contributed by atoms with Crippen LogP contribution in [-0.4, -0.2) is 24.5 Å². The Hall–Kier alpha value is -4.81. The molecule has 0 aliphatic rings. The first kappa shape index (κ1) is 23.9. The van der Waals surface area contributed by atoms with Gasteiger partial charge in [-0.25, -0.2) is 15.0 Å². The highest BCUT2D eigenvalue weighted by Crippen LogP contribution is 2.30. The Kier molecular flexibility index (Phi) is 6.49. The number of aromatic nitrogens is 5. The SMILES string of the molecule is CC(Nc1cc(=O)n(C)c2ccc(Nc3ccnc(Cl)c3C#N)cc12)c1ncc(-c2cccnc2)cn1. The van der Waals surface area contributed by atoms with Gasteiger partial charge in [-0.15, -0.1) is 0 Å². The van der Waals surface area contributed by atoms with Crippen LogP contribution in [-0.2, 0) is 7.05 Å². The topological polar surface area (TPSA) is 121 Å². The first-order valence-electron chi connectivity index (χ1n) is 11.4. The van der Waals surface area contributed by atoms with Crippen LogP contribution in [0.1, 0.15) is 24.4 Å². The van der Waals surface area contributed by atoms with Gasteiger partial charge in [0.15, 0.2) is 0 Å². The maximum atomic E-state index is 12.7. The van der Waals surface area contributed by atoms with E-state index in [4.69, 9.17) is 11.6 Å². The molecule has 182 valence electrons. The van der Waals surface area contributed by atoms with E-state index >= 15 is 0 Å². The lowest BCUT2D eigenvalue weighted by Gasteiger charge is -2.18. The summed E-state index contributed by atoms with van der Waals surface area (Å²) in [5, 5.41) is 17.0. The fourth-order valence-electron chi connectivity index (χ4n) is 4.00. The number of halogens is 1. The predicted molar refractivity (Wildman–Crippen MR) is 144 cm³/mol. The van der Waals surface area contributed by atoms with Crippen molar-refractivity contribution in [3.63, 3.8) is 0 Å². The van der Waals surface area contributed by atoms with E-state index in [0.717, 1.165) is 27.7 Å². The minimum Gasteiger partial charge on any atom is -0.375 e. The van der Waals surface area contributed by atoms with E-state index in [1.165, 1.54) is 6.20 Å². The number of aryl methyl sites for hydroxylation is 1. The first-order valence-corrected chi connectivity index (χ1v) is 11.8. The van der Waals surface area contributed by atoms with E-state index in [1.54, 1.807) is 48.5 Å². The van der Waals surface area contributed by atoms with Gasteiger partial charge >= 0.3 is 0 Å². The van der Waals surface area contributed by atoms with Crippen LogP contribution in [0.5, 0.6) is 0 Å². The molecule has 0 radical (unpaired) electrons. The monoisotopic (exact) mass is 508 g/mol. The Morgan fingerprint density at radius 2 is 1.81 bits per heavy atom. The lowest BCUT2D eigenvalue weighted by molar-refractivity contribution is 0.789. The highest BCUT2D eigenvalue weighted by molar-refractivity contribution is 6.31. The van der Waals surface area contributed by atoms with Crippen LogP contribution in [0, 0.1) is 11.3 Å². The number of pyridine rings is 3. The van der Waals surface area contributed by atoms with Crippen LogP contribution >= 0.6 is 11.6 Å². The first-order chi connectivity index (χ1) is 17.9. The maximum Gasteiger partial charge on any atom is 0.252 e. The number of nitrogens with one attached hydrogen (secondary N) is 2. The third kappa shape index (κ3) is 4.83. The zero-order chi connectivity index (χ0) is 25.9. The van der Waals surface area contributed by atoms with Crippen molar-refractivity contribution in [2.75, 3.05) is 10.6 Å². The van der Waals surface area contributed by atoms with Gasteiger partial charge in [-0.2, -0.15) is 5.26 Å². The van der Waals surface area contributed by atoms with Gasteiger partial charge in [-0.05, 0) is 37.3 Å². The van der Waals surface area contributed by atoms with Crippen molar-refractivity contribution >= 4 is 39.6 Å². The Labute approximate surface area is 217 Å². The fourth-order valence-corrected chi connectivity index (χ4v) is 4.20. The quantitative estimate of drug-likeness (QED) is 0.299. The molecule has 4 heterocycles. The minimum absolute atomic E-state index is 0.126. The van der Waals surface area contributed by atoms with E-state index in [-0.39, 0.29) is 22.3 Å². The summed E-state index contributed by atoms with van der Waals surface area (Å²) in [6.07, 6.45) is 8.53. The number of hydrogen-bond acceptors (Lipinski definition) is 8. The number of fused-ring (bicyclic) bond motifs is 1. The van der Waals surface area contributed by atoms with Crippen LogP contribution in [0.2, 0.25) is 5.15 Å². The van der Waals surface area contributed by atoms with Crippen molar-refractivity contribution in [2.24, 2.45) is 7.05 Å². The Morgan fingerprint density at radius 1 is 1.00 bits per heavy atom. The number of rotatable bonds is 6. The molecule has 1 atom stereocenters. The molecular weight excluding hydrogens is 488 g/mol. The molecule has 0 spiro atoms. The number of anilines is 3. The van der Waals surface area contributed by atoms with Gasteiger partial charge in [0.2, 0.25) is 0 Å². The van der Waals surface area contributed by atoms with Crippen molar-refractivity contribution in [3.8, 4) is 17.2 Å². The van der Waals surface area contributed by atoms with Crippen LogP contribution in [0.3, 0.4) is 0 Å². The summed E-state index contributed by atoms with van der Waals surface area (Å²) in [5.41, 5.74) is 4.55. The second-order valence-corrected chi connectivity index (χ2v) is 8.74. The molecule has 0 fully saturated rings. The summed E-state index contributed by atoms with van der Waals surface area (Å²) in [6.45, 7) is 1.93. The Bertz CT molecular complexity index is 1700. The molecule has 1 unspecified atom stereocenters. The number of nitriles is 1. The Morgan fingerprint density at radius 3 is 2.54 bits per heavy atom. The van der Waals surface area contributed by atoms with Gasteiger partial charge in [-0.1, -0.05) is 17.7 Å². The molecule has 9 nitrogen and oxygen atoms in total. The molecule has 0 aliphatic carbocycles. The van der Waals surface area contributed by atoms with Crippen LogP contribution in [0.15, 0.2) is 78.2 Å². The van der Waals surface area contributed by atoms with Crippen molar-refractivity contribution in [2.45, 2.75) is 13.0 Å². The average molecular weight is 509 g/mol. The van der Waals surface area contributed by atoms with Gasteiger partial charge < -0.3 is 15.2 Å². The minimum atomic E-state index is -0.279. The predicted octanol–water partition coefficient (Wildman–Crippen LogP) is 5.23. The van der Waals surface area contributed by atoms with Gasteiger partial charge in [0.25, 0.3) is 5.56 Å². The van der Waals surface area contributed by atoms with Crippen LogP contribution < -0.4 is 16.2 Å². The van der Waals surface area contributed by atoms with E-state index in [9.17, 15) is 10.1 Å². The molecule has 0 aliphatic heterocycles. The maximum absolute atomic E-state index is 12.7. The fraction of sp³-hybridized carbons (Fsp3) is 0.111.